The molecule has 8 nitrogen and oxygen atoms in total. The van der Waals surface area contributed by atoms with Crippen molar-refractivity contribution in [2.45, 2.75) is 33.4 Å². The lowest BCUT2D eigenvalue weighted by Gasteiger charge is -2.25. The summed E-state index contributed by atoms with van der Waals surface area (Å²) in [5.41, 5.74) is 3.01. The van der Waals surface area contributed by atoms with Gasteiger partial charge in [-0.05, 0) is 66.9 Å². The molecule has 234 valence electrons. The standard InChI is InChI=1S/C37H34N2O6S/c1-5-43-31-20-26(17-19-30(31)42-4)34-33(36(41)44-6-2)23(3)38-37-39(34)35(40)32(46-37)21-28-27-15-11-10-14-25(27)16-18-29(28)45-22-24-12-8-7-9-13-24/h7-21,34H,5-6,22H2,1-4H3/b32-21-/t34-/m0/s1. The Kier molecular flexibility index (Phi) is 9.03. The third-order valence-corrected chi connectivity index (χ3v) is 8.75. The molecule has 0 fully saturated rings. The van der Waals surface area contributed by atoms with Crippen molar-refractivity contribution >= 4 is 34.2 Å². The molecule has 5 aromatic rings. The summed E-state index contributed by atoms with van der Waals surface area (Å²) in [6.07, 6.45) is 1.87. The average Bonchev–Trinajstić information content (AvgIpc) is 3.38. The first kappa shape index (κ1) is 30.9. The van der Waals surface area contributed by atoms with Crippen molar-refractivity contribution in [3.8, 4) is 17.2 Å². The lowest BCUT2D eigenvalue weighted by Crippen LogP contribution is -2.40. The summed E-state index contributed by atoms with van der Waals surface area (Å²) in [5.74, 6) is 1.20. The van der Waals surface area contributed by atoms with Gasteiger partial charge in [-0.15, -0.1) is 0 Å². The van der Waals surface area contributed by atoms with Crippen molar-refractivity contribution in [3.05, 3.63) is 133 Å². The fraction of sp³-hybridized carbons (Fsp3) is 0.216. The summed E-state index contributed by atoms with van der Waals surface area (Å²) in [7, 11) is 1.57. The minimum Gasteiger partial charge on any atom is -0.493 e. The van der Waals surface area contributed by atoms with Crippen LogP contribution < -0.4 is 29.1 Å². The fourth-order valence-electron chi connectivity index (χ4n) is 5.66. The van der Waals surface area contributed by atoms with Crippen LogP contribution in [-0.4, -0.2) is 30.9 Å². The number of nitrogens with zero attached hydrogens (tertiary/aromatic N) is 2. The van der Waals surface area contributed by atoms with E-state index in [0.29, 0.717) is 56.6 Å². The second kappa shape index (κ2) is 13.5. The van der Waals surface area contributed by atoms with Gasteiger partial charge in [-0.25, -0.2) is 9.79 Å². The Morgan fingerprint density at radius 3 is 2.43 bits per heavy atom. The van der Waals surface area contributed by atoms with Crippen LogP contribution in [0.15, 0.2) is 106 Å². The molecule has 0 amide bonds. The maximum atomic E-state index is 14.4. The van der Waals surface area contributed by atoms with Crippen molar-refractivity contribution < 1.29 is 23.7 Å². The van der Waals surface area contributed by atoms with Crippen molar-refractivity contribution in [2.75, 3.05) is 20.3 Å². The van der Waals surface area contributed by atoms with Crippen molar-refractivity contribution in [1.82, 2.24) is 4.57 Å². The highest BCUT2D eigenvalue weighted by Gasteiger charge is 2.34. The number of carbonyl (C=O) groups excluding carboxylic acids is 1. The van der Waals surface area contributed by atoms with Gasteiger partial charge in [0.05, 0.1) is 42.2 Å². The maximum Gasteiger partial charge on any atom is 0.338 e. The van der Waals surface area contributed by atoms with Crippen molar-refractivity contribution in [3.63, 3.8) is 0 Å². The first-order chi connectivity index (χ1) is 22.4. The van der Waals surface area contributed by atoms with Crippen LogP contribution in [0.2, 0.25) is 0 Å². The van der Waals surface area contributed by atoms with Gasteiger partial charge in [0.1, 0.15) is 12.4 Å². The van der Waals surface area contributed by atoms with Gasteiger partial charge in [-0.1, -0.05) is 78.1 Å². The second-order valence-corrected chi connectivity index (χ2v) is 11.6. The van der Waals surface area contributed by atoms with E-state index in [9.17, 15) is 9.59 Å². The lowest BCUT2D eigenvalue weighted by molar-refractivity contribution is -0.139. The normalized spacial score (nSPS) is 14.5. The van der Waals surface area contributed by atoms with Gasteiger partial charge >= 0.3 is 5.97 Å². The molecule has 1 aromatic heterocycles. The first-order valence-corrected chi connectivity index (χ1v) is 15.9. The predicted octanol–water partition coefficient (Wildman–Crippen LogP) is 5.94. The molecular weight excluding hydrogens is 600 g/mol. The molecule has 2 heterocycles. The predicted molar refractivity (Wildman–Crippen MR) is 179 cm³/mol. The molecule has 0 unspecified atom stereocenters. The maximum absolute atomic E-state index is 14.4. The minimum absolute atomic E-state index is 0.187. The number of thiazole rings is 1. The summed E-state index contributed by atoms with van der Waals surface area (Å²) < 4.78 is 25.2. The van der Waals surface area contributed by atoms with E-state index in [4.69, 9.17) is 23.9 Å². The number of hydrogen-bond acceptors (Lipinski definition) is 8. The highest BCUT2D eigenvalue weighted by molar-refractivity contribution is 7.07. The summed E-state index contributed by atoms with van der Waals surface area (Å²) in [6, 6.07) is 26.5. The summed E-state index contributed by atoms with van der Waals surface area (Å²) in [5, 5.41) is 1.98. The molecule has 0 bridgehead atoms. The highest BCUT2D eigenvalue weighted by atomic mass is 32.1. The topological polar surface area (TPSA) is 88.4 Å². The number of carbonyl (C=O) groups is 1. The van der Waals surface area contributed by atoms with E-state index in [1.54, 1.807) is 31.6 Å². The van der Waals surface area contributed by atoms with Gasteiger partial charge in [0.2, 0.25) is 0 Å². The molecular formula is C37H34N2O6S. The second-order valence-electron chi connectivity index (χ2n) is 10.6. The molecule has 4 aromatic carbocycles. The third-order valence-electron chi connectivity index (χ3n) is 7.76. The SMILES string of the molecule is CCOC(=O)C1=C(C)N=c2s/c(=C\c3c(OCc4ccccc4)ccc4ccccc34)c(=O)n2[C@H]1c1ccc(OC)c(OCC)c1. The third kappa shape index (κ3) is 5.93. The molecule has 6 rings (SSSR count). The van der Waals surface area contributed by atoms with E-state index < -0.39 is 12.0 Å². The molecule has 0 saturated carbocycles. The Hall–Kier alpha value is -5.15. The molecule has 0 aliphatic carbocycles. The number of allylic oxidation sites excluding steroid dienone is 1. The zero-order valence-corrected chi connectivity index (χ0v) is 26.9. The molecule has 1 aliphatic heterocycles. The van der Waals surface area contributed by atoms with Gasteiger partial charge in [0, 0.05) is 5.56 Å². The van der Waals surface area contributed by atoms with E-state index in [1.807, 2.05) is 91.9 Å². The quantitative estimate of drug-likeness (QED) is 0.177. The number of ether oxygens (including phenoxy) is 4. The molecule has 1 atom stereocenters. The van der Waals surface area contributed by atoms with Gasteiger partial charge in [0.25, 0.3) is 5.56 Å². The Balaban J connectivity index is 1.54. The smallest absolute Gasteiger partial charge is 0.338 e. The van der Waals surface area contributed by atoms with Gasteiger partial charge < -0.3 is 18.9 Å². The molecule has 0 spiro atoms. The monoisotopic (exact) mass is 634 g/mol. The summed E-state index contributed by atoms with van der Waals surface area (Å²) >= 11 is 1.27. The molecule has 0 radical (unpaired) electrons. The number of aromatic nitrogens is 1. The largest absolute Gasteiger partial charge is 0.493 e. The molecule has 46 heavy (non-hydrogen) atoms. The number of hydrogen-bond donors (Lipinski definition) is 0. The van der Waals surface area contributed by atoms with Crippen LogP contribution in [0.5, 0.6) is 17.2 Å². The highest BCUT2D eigenvalue weighted by Crippen LogP contribution is 2.36. The molecule has 9 heteroatoms. The van der Waals surface area contributed by atoms with Crippen LogP contribution in [0.3, 0.4) is 0 Å². The van der Waals surface area contributed by atoms with Crippen molar-refractivity contribution in [2.24, 2.45) is 4.99 Å². The van der Waals surface area contributed by atoms with Crippen LogP contribution in [0, 0.1) is 0 Å². The molecule has 0 saturated heterocycles. The van der Waals surface area contributed by atoms with E-state index in [1.165, 1.54) is 11.3 Å². The van der Waals surface area contributed by atoms with E-state index in [-0.39, 0.29) is 12.2 Å². The molecule has 0 N–H and O–H groups in total. The zero-order valence-electron chi connectivity index (χ0n) is 26.1. The van der Waals surface area contributed by atoms with E-state index in [0.717, 1.165) is 21.9 Å². The van der Waals surface area contributed by atoms with Gasteiger partial charge in [0.15, 0.2) is 16.3 Å². The number of esters is 1. The number of benzene rings is 4. The average molecular weight is 635 g/mol. The Labute approximate surface area is 270 Å². The number of rotatable bonds is 10. The van der Waals surface area contributed by atoms with Gasteiger partial charge in [-0.3, -0.25) is 9.36 Å². The Morgan fingerprint density at radius 2 is 1.67 bits per heavy atom. The minimum atomic E-state index is -0.788. The summed E-state index contributed by atoms with van der Waals surface area (Å²) in [4.78, 5) is 33.0. The fourth-order valence-corrected chi connectivity index (χ4v) is 6.68. The first-order valence-electron chi connectivity index (χ1n) is 15.1. The lowest BCUT2D eigenvalue weighted by atomic mass is 9.95. The number of fused-ring (bicyclic) bond motifs is 2. The van der Waals surface area contributed by atoms with E-state index >= 15 is 0 Å². The van der Waals surface area contributed by atoms with Crippen LogP contribution in [0.1, 0.15) is 43.5 Å². The molecule has 1 aliphatic rings. The van der Waals surface area contributed by atoms with Crippen LogP contribution in [0.4, 0.5) is 0 Å². The van der Waals surface area contributed by atoms with Crippen LogP contribution >= 0.6 is 11.3 Å². The van der Waals surface area contributed by atoms with Crippen LogP contribution in [-0.2, 0) is 16.1 Å². The van der Waals surface area contributed by atoms with Crippen molar-refractivity contribution in [1.29, 1.82) is 0 Å². The Morgan fingerprint density at radius 1 is 0.913 bits per heavy atom. The Bertz CT molecular complexity index is 2130. The van der Waals surface area contributed by atoms with Gasteiger partial charge in [-0.2, -0.15) is 0 Å². The zero-order chi connectivity index (χ0) is 32.2. The van der Waals surface area contributed by atoms with Crippen LogP contribution in [0.25, 0.3) is 16.8 Å². The van der Waals surface area contributed by atoms with E-state index in [2.05, 4.69) is 0 Å². The number of methoxy groups -OCH3 is 1. The summed E-state index contributed by atoms with van der Waals surface area (Å²) in [6.45, 7) is 6.38.